The van der Waals surface area contributed by atoms with Gasteiger partial charge in [0.05, 0.1) is 29.9 Å². The quantitative estimate of drug-likeness (QED) is 0.463. The summed E-state index contributed by atoms with van der Waals surface area (Å²) < 4.78 is 26.1. The van der Waals surface area contributed by atoms with Gasteiger partial charge in [-0.15, -0.1) is 0 Å². The van der Waals surface area contributed by atoms with Crippen LogP contribution in [-0.2, 0) is 15.0 Å². The third kappa shape index (κ3) is 4.46. The Bertz CT molecular complexity index is 1230. The predicted octanol–water partition coefficient (Wildman–Crippen LogP) is 5.39. The van der Waals surface area contributed by atoms with Crippen LogP contribution in [0.25, 0.3) is 10.9 Å². The summed E-state index contributed by atoms with van der Waals surface area (Å²) in [6.07, 6.45) is 2.24. The zero-order valence-corrected chi connectivity index (χ0v) is 20.4. The van der Waals surface area contributed by atoms with Crippen molar-refractivity contribution in [1.29, 1.82) is 0 Å². The fourth-order valence-electron chi connectivity index (χ4n) is 4.49. The molecule has 1 aromatic heterocycles. The van der Waals surface area contributed by atoms with Gasteiger partial charge >= 0.3 is 12.1 Å². The summed E-state index contributed by atoms with van der Waals surface area (Å²) >= 11 is 6.25. The summed E-state index contributed by atoms with van der Waals surface area (Å²) in [6.45, 7) is 6.27. The highest BCUT2D eigenvalue weighted by molar-refractivity contribution is 6.32. The van der Waals surface area contributed by atoms with E-state index in [4.69, 9.17) is 21.1 Å². The molecule has 0 saturated carbocycles. The van der Waals surface area contributed by atoms with Gasteiger partial charge in [-0.05, 0) is 63.4 Å². The zero-order chi connectivity index (χ0) is 24.7. The molecule has 0 bridgehead atoms. The molecule has 0 radical (unpaired) electrons. The number of fused-ring (bicyclic) bond motifs is 1. The van der Waals surface area contributed by atoms with Gasteiger partial charge in [0, 0.05) is 23.5 Å². The minimum absolute atomic E-state index is 0.290. The minimum Gasteiger partial charge on any atom is -0.465 e. The van der Waals surface area contributed by atoms with E-state index in [1.165, 1.54) is 19.2 Å². The fourth-order valence-corrected chi connectivity index (χ4v) is 4.72. The molecule has 0 N–H and O–H groups in total. The number of amides is 1. The van der Waals surface area contributed by atoms with Crippen molar-refractivity contribution in [3.8, 4) is 0 Å². The van der Waals surface area contributed by atoms with Gasteiger partial charge in [-0.2, -0.15) is 5.10 Å². The molecule has 1 aliphatic rings. The Kier molecular flexibility index (Phi) is 6.29. The van der Waals surface area contributed by atoms with Crippen molar-refractivity contribution in [3.05, 3.63) is 64.6 Å². The lowest BCUT2D eigenvalue weighted by Crippen LogP contribution is -2.50. The number of hydrogen-bond donors (Lipinski definition) is 0. The first-order chi connectivity index (χ1) is 16.0. The van der Waals surface area contributed by atoms with E-state index in [2.05, 4.69) is 5.10 Å². The van der Waals surface area contributed by atoms with Gasteiger partial charge in [-0.1, -0.05) is 23.7 Å². The molecule has 2 heterocycles. The van der Waals surface area contributed by atoms with Gasteiger partial charge in [-0.25, -0.2) is 14.0 Å². The first-order valence-electron chi connectivity index (χ1n) is 11.0. The number of esters is 1. The molecule has 4 rings (SSSR count). The van der Waals surface area contributed by atoms with E-state index in [0.717, 1.165) is 5.56 Å². The number of ether oxygens (including phenoxy) is 2. The lowest BCUT2D eigenvalue weighted by atomic mass is 9.80. The smallest absolute Gasteiger partial charge is 0.410 e. The van der Waals surface area contributed by atoms with Crippen molar-refractivity contribution in [3.63, 3.8) is 0 Å². The molecule has 1 aliphatic heterocycles. The van der Waals surface area contributed by atoms with Crippen LogP contribution in [0, 0.1) is 5.82 Å². The third-order valence-electron chi connectivity index (χ3n) is 6.06. The van der Waals surface area contributed by atoms with Crippen LogP contribution in [0.2, 0.25) is 5.02 Å². The number of benzene rings is 2. The maximum Gasteiger partial charge on any atom is 0.410 e. The summed E-state index contributed by atoms with van der Waals surface area (Å²) in [7, 11) is 1.31. The Hall–Kier alpha value is -3.13. The Morgan fingerprint density at radius 3 is 2.35 bits per heavy atom. The van der Waals surface area contributed by atoms with Crippen molar-refractivity contribution >= 4 is 34.6 Å². The second-order valence-corrected chi connectivity index (χ2v) is 9.88. The molecule has 1 saturated heterocycles. The molecular formula is C25H27ClFN3O4. The zero-order valence-electron chi connectivity index (χ0n) is 19.6. The van der Waals surface area contributed by atoms with Crippen LogP contribution in [0.4, 0.5) is 9.18 Å². The molecular weight excluding hydrogens is 461 g/mol. The Labute approximate surface area is 202 Å². The summed E-state index contributed by atoms with van der Waals surface area (Å²) in [4.78, 5) is 27.0. The number of hydrogen-bond acceptors (Lipinski definition) is 5. The SMILES string of the molecule is COC(=O)c1cc(Cl)cc2cnn(C3(c4ccc(F)cc4)CCN(C(=O)OC(C)(C)C)CC3)c12. The second-order valence-electron chi connectivity index (χ2n) is 9.45. The van der Waals surface area contributed by atoms with Crippen LogP contribution >= 0.6 is 11.6 Å². The number of rotatable bonds is 3. The predicted molar refractivity (Wildman–Crippen MR) is 127 cm³/mol. The first-order valence-corrected chi connectivity index (χ1v) is 11.4. The van der Waals surface area contributed by atoms with E-state index < -0.39 is 17.1 Å². The van der Waals surface area contributed by atoms with Gasteiger partial charge in [0.25, 0.3) is 0 Å². The summed E-state index contributed by atoms with van der Waals surface area (Å²) in [5, 5.41) is 5.74. The molecule has 7 nitrogen and oxygen atoms in total. The van der Waals surface area contributed by atoms with Crippen molar-refractivity contribution in [2.24, 2.45) is 0 Å². The maximum absolute atomic E-state index is 13.8. The minimum atomic E-state index is -0.732. The number of carbonyl (C=O) groups excluding carboxylic acids is 2. The highest BCUT2D eigenvalue weighted by atomic mass is 35.5. The maximum atomic E-state index is 13.8. The van der Waals surface area contributed by atoms with Crippen LogP contribution in [0.5, 0.6) is 0 Å². The van der Waals surface area contributed by atoms with E-state index in [-0.39, 0.29) is 11.9 Å². The van der Waals surface area contributed by atoms with E-state index in [9.17, 15) is 14.0 Å². The normalized spacial score (nSPS) is 15.9. The molecule has 3 aromatic rings. The van der Waals surface area contributed by atoms with Gasteiger partial charge in [-0.3, -0.25) is 4.68 Å². The highest BCUT2D eigenvalue weighted by Gasteiger charge is 2.42. The van der Waals surface area contributed by atoms with Crippen LogP contribution in [-0.4, -0.2) is 52.5 Å². The van der Waals surface area contributed by atoms with E-state index in [0.29, 0.717) is 47.4 Å². The number of aromatic nitrogens is 2. The molecule has 180 valence electrons. The van der Waals surface area contributed by atoms with E-state index in [1.54, 1.807) is 40.0 Å². The second kappa shape index (κ2) is 8.91. The largest absolute Gasteiger partial charge is 0.465 e. The molecule has 2 aromatic carbocycles. The molecule has 1 amide bonds. The Morgan fingerprint density at radius 1 is 1.12 bits per heavy atom. The molecule has 0 spiro atoms. The lowest BCUT2D eigenvalue weighted by Gasteiger charge is -2.43. The Balaban J connectivity index is 1.82. The van der Waals surface area contributed by atoms with Crippen molar-refractivity contribution in [2.75, 3.05) is 20.2 Å². The van der Waals surface area contributed by atoms with Gasteiger partial charge in [0.2, 0.25) is 0 Å². The summed E-state index contributed by atoms with van der Waals surface area (Å²) in [5.41, 5.74) is 0.360. The number of piperidine rings is 1. The van der Waals surface area contributed by atoms with Crippen LogP contribution in [0.3, 0.4) is 0 Å². The molecule has 9 heteroatoms. The van der Waals surface area contributed by atoms with Crippen LogP contribution < -0.4 is 0 Å². The standard InChI is InChI=1S/C25H27ClFN3O4/c1-24(2,3)34-23(32)29-11-9-25(10-12-29,17-5-7-19(27)8-6-17)30-21-16(15-28-30)13-18(26)14-20(21)22(31)33-4/h5-8,13-15H,9-12H2,1-4H3. The van der Waals surface area contributed by atoms with Crippen molar-refractivity contribution in [2.45, 2.75) is 44.8 Å². The van der Waals surface area contributed by atoms with Crippen molar-refractivity contribution < 1.29 is 23.5 Å². The fraction of sp³-hybridized carbons (Fsp3) is 0.400. The number of likely N-dealkylation sites (tertiary alicyclic amines) is 1. The molecule has 0 aliphatic carbocycles. The average Bonchev–Trinajstić information content (AvgIpc) is 3.21. The van der Waals surface area contributed by atoms with E-state index in [1.807, 2.05) is 20.8 Å². The van der Waals surface area contributed by atoms with Gasteiger partial charge < -0.3 is 14.4 Å². The highest BCUT2D eigenvalue weighted by Crippen LogP contribution is 2.40. The first kappa shape index (κ1) is 24.0. The van der Waals surface area contributed by atoms with E-state index >= 15 is 0 Å². The monoisotopic (exact) mass is 487 g/mol. The van der Waals surface area contributed by atoms with Crippen LogP contribution in [0.15, 0.2) is 42.6 Å². The average molecular weight is 488 g/mol. The molecule has 34 heavy (non-hydrogen) atoms. The lowest BCUT2D eigenvalue weighted by molar-refractivity contribution is 0.0141. The molecule has 0 atom stereocenters. The number of methoxy groups -OCH3 is 1. The summed E-state index contributed by atoms with van der Waals surface area (Å²) in [5.74, 6) is -0.882. The third-order valence-corrected chi connectivity index (χ3v) is 6.28. The number of nitrogens with zero attached hydrogens (tertiary/aromatic N) is 3. The van der Waals surface area contributed by atoms with Crippen LogP contribution in [0.1, 0.15) is 49.5 Å². The summed E-state index contributed by atoms with van der Waals surface area (Å²) in [6, 6.07) is 9.55. The van der Waals surface area contributed by atoms with Gasteiger partial charge in [0.1, 0.15) is 11.4 Å². The number of carbonyl (C=O) groups is 2. The topological polar surface area (TPSA) is 73.7 Å². The molecule has 1 fully saturated rings. The van der Waals surface area contributed by atoms with Gasteiger partial charge in [0.15, 0.2) is 0 Å². The van der Waals surface area contributed by atoms with Crippen molar-refractivity contribution in [1.82, 2.24) is 14.7 Å². The Morgan fingerprint density at radius 2 is 1.76 bits per heavy atom. The number of halogens is 2. The molecule has 0 unspecified atom stereocenters.